The van der Waals surface area contributed by atoms with Crippen LogP contribution in [0.5, 0.6) is 0 Å². The number of anilines is 1. The normalized spacial score (nSPS) is 22.5. The highest BCUT2D eigenvalue weighted by Crippen LogP contribution is 2.45. The van der Waals surface area contributed by atoms with E-state index in [0.717, 1.165) is 51.5 Å². The quantitative estimate of drug-likeness (QED) is 0.902. The molecule has 1 atom stereocenters. The molecular formula is C22H30N4O. The summed E-state index contributed by atoms with van der Waals surface area (Å²) in [5.41, 5.74) is 4.32. The third-order valence-electron chi connectivity index (χ3n) is 6.70. The minimum atomic E-state index is 0.188. The number of hydrogen-bond donors (Lipinski definition) is 1. The fourth-order valence-corrected chi connectivity index (χ4v) is 4.77. The van der Waals surface area contributed by atoms with Gasteiger partial charge in [0.2, 0.25) is 5.95 Å². The maximum atomic E-state index is 10.0. The third-order valence-corrected chi connectivity index (χ3v) is 6.70. The SMILES string of the molecule is Cc1ccc(CN2CCC3(CC2)CN(c2ncccn2)CC3CO)cc1C. The van der Waals surface area contributed by atoms with Crippen molar-refractivity contribution >= 4 is 5.95 Å². The summed E-state index contributed by atoms with van der Waals surface area (Å²) >= 11 is 0. The number of aliphatic hydroxyl groups is 1. The zero-order valence-corrected chi connectivity index (χ0v) is 16.4. The van der Waals surface area contributed by atoms with Crippen molar-refractivity contribution in [2.24, 2.45) is 11.3 Å². The molecule has 1 unspecified atom stereocenters. The van der Waals surface area contributed by atoms with E-state index in [9.17, 15) is 5.11 Å². The van der Waals surface area contributed by atoms with E-state index in [4.69, 9.17) is 0 Å². The molecule has 0 bridgehead atoms. The van der Waals surface area contributed by atoms with Gasteiger partial charge >= 0.3 is 0 Å². The number of aryl methyl sites for hydroxylation is 2. The standard InChI is InChI=1S/C22H30N4O/c1-17-4-5-19(12-18(17)2)13-25-10-6-22(7-11-25)16-26(14-20(22)15-27)21-23-8-3-9-24-21/h3-5,8-9,12,20,27H,6-7,10-11,13-16H2,1-2H3. The highest BCUT2D eigenvalue weighted by Gasteiger charge is 2.48. The fourth-order valence-electron chi connectivity index (χ4n) is 4.77. The molecule has 1 aromatic heterocycles. The first-order valence-electron chi connectivity index (χ1n) is 10.0. The van der Waals surface area contributed by atoms with E-state index in [1.54, 1.807) is 12.4 Å². The molecule has 1 N–H and O–H groups in total. The topological polar surface area (TPSA) is 52.5 Å². The number of aromatic nitrogens is 2. The molecule has 144 valence electrons. The van der Waals surface area contributed by atoms with Crippen LogP contribution in [0.1, 0.15) is 29.5 Å². The van der Waals surface area contributed by atoms with Gasteiger partial charge in [-0.2, -0.15) is 0 Å². The van der Waals surface area contributed by atoms with Gasteiger partial charge in [0.15, 0.2) is 0 Å². The summed E-state index contributed by atoms with van der Waals surface area (Å²) in [6.45, 7) is 9.62. The Balaban J connectivity index is 1.41. The molecule has 0 saturated carbocycles. The smallest absolute Gasteiger partial charge is 0.225 e. The molecule has 27 heavy (non-hydrogen) atoms. The second kappa shape index (κ2) is 7.56. The van der Waals surface area contributed by atoms with Gasteiger partial charge in [-0.3, -0.25) is 4.90 Å². The van der Waals surface area contributed by atoms with Gasteiger partial charge in [0.25, 0.3) is 0 Å². The Morgan fingerprint density at radius 2 is 1.85 bits per heavy atom. The summed E-state index contributed by atoms with van der Waals surface area (Å²) in [4.78, 5) is 13.7. The lowest BCUT2D eigenvalue weighted by molar-refractivity contribution is 0.0506. The third kappa shape index (κ3) is 3.71. The van der Waals surface area contributed by atoms with Crippen molar-refractivity contribution in [2.75, 3.05) is 37.7 Å². The molecule has 2 fully saturated rings. The molecular weight excluding hydrogens is 336 g/mol. The van der Waals surface area contributed by atoms with Gasteiger partial charge in [0.05, 0.1) is 0 Å². The first kappa shape index (κ1) is 18.4. The lowest BCUT2D eigenvalue weighted by Crippen LogP contribution is -2.44. The average Bonchev–Trinajstić information content (AvgIpc) is 3.06. The lowest BCUT2D eigenvalue weighted by atomic mass is 9.71. The molecule has 5 heteroatoms. The van der Waals surface area contributed by atoms with Crippen LogP contribution in [0.15, 0.2) is 36.7 Å². The van der Waals surface area contributed by atoms with Gasteiger partial charge in [-0.05, 0) is 68.0 Å². The van der Waals surface area contributed by atoms with Gasteiger partial charge < -0.3 is 10.0 Å². The number of aliphatic hydroxyl groups excluding tert-OH is 1. The van der Waals surface area contributed by atoms with Crippen LogP contribution in [-0.2, 0) is 6.54 Å². The Morgan fingerprint density at radius 3 is 2.52 bits per heavy atom. The second-order valence-electron chi connectivity index (χ2n) is 8.37. The largest absolute Gasteiger partial charge is 0.396 e. The molecule has 0 amide bonds. The molecule has 1 spiro atoms. The van der Waals surface area contributed by atoms with Gasteiger partial charge in [0, 0.05) is 44.6 Å². The predicted molar refractivity (Wildman–Crippen MR) is 108 cm³/mol. The minimum absolute atomic E-state index is 0.188. The van der Waals surface area contributed by atoms with Gasteiger partial charge in [-0.15, -0.1) is 0 Å². The number of likely N-dealkylation sites (tertiary alicyclic amines) is 1. The summed E-state index contributed by atoms with van der Waals surface area (Å²) < 4.78 is 0. The summed E-state index contributed by atoms with van der Waals surface area (Å²) in [6, 6.07) is 8.66. The molecule has 4 rings (SSSR count). The van der Waals surface area contributed by atoms with Crippen LogP contribution in [0.2, 0.25) is 0 Å². The highest BCUT2D eigenvalue weighted by molar-refractivity contribution is 5.33. The molecule has 0 aliphatic carbocycles. The van der Waals surface area contributed by atoms with Crippen molar-refractivity contribution in [3.8, 4) is 0 Å². The predicted octanol–water partition coefficient (Wildman–Crippen LogP) is 2.80. The zero-order chi connectivity index (χ0) is 18.9. The van der Waals surface area contributed by atoms with Crippen LogP contribution in [-0.4, -0.2) is 52.8 Å². The number of benzene rings is 1. The monoisotopic (exact) mass is 366 g/mol. The first-order chi connectivity index (χ1) is 13.1. The molecule has 2 aromatic rings. The summed E-state index contributed by atoms with van der Waals surface area (Å²) in [7, 11) is 0. The molecule has 2 aliphatic heterocycles. The number of piperidine rings is 1. The second-order valence-corrected chi connectivity index (χ2v) is 8.37. The van der Waals surface area contributed by atoms with E-state index in [1.165, 1.54) is 16.7 Å². The Morgan fingerprint density at radius 1 is 1.11 bits per heavy atom. The van der Waals surface area contributed by atoms with Crippen LogP contribution >= 0.6 is 0 Å². The van der Waals surface area contributed by atoms with Gasteiger partial charge in [0.1, 0.15) is 0 Å². The van der Waals surface area contributed by atoms with Crippen LogP contribution in [0.3, 0.4) is 0 Å². The van der Waals surface area contributed by atoms with Crippen molar-refractivity contribution in [1.29, 1.82) is 0 Å². The van der Waals surface area contributed by atoms with Gasteiger partial charge in [-0.25, -0.2) is 9.97 Å². The van der Waals surface area contributed by atoms with Crippen molar-refractivity contribution < 1.29 is 5.11 Å². The number of hydrogen-bond acceptors (Lipinski definition) is 5. The van der Waals surface area contributed by atoms with Crippen molar-refractivity contribution in [3.05, 3.63) is 53.3 Å². The van der Waals surface area contributed by atoms with E-state index in [-0.39, 0.29) is 12.0 Å². The van der Waals surface area contributed by atoms with Crippen molar-refractivity contribution in [2.45, 2.75) is 33.2 Å². The van der Waals surface area contributed by atoms with Crippen molar-refractivity contribution in [1.82, 2.24) is 14.9 Å². The Hall–Kier alpha value is -1.98. The van der Waals surface area contributed by atoms with E-state index < -0.39 is 0 Å². The fraction of sp³-hybridized carbons (Fsp3) is 0.545. The Labute approximate surface area is 162 Å². The molecule has 2 aliphatic rings. The lowest BCUT2D eigenvalue weighted by Gasteiger charge is -2.42. The maximum absolute atomic E-state index is 10.0. The number of nitrogens with zero attached hydrogens (tertiary/aromatic N) is 4. The average molecular weight is 367 g/mol. The first-order valence-corrected chi connectivity index (χ1v) is 10.0. The van der Waals surface area contributed by atoms with Crippen LogP contribution in [0, 0.1) is 25.2 Å². The molecule has 5 nitrogen and oxygen atoms in total. The summed E-state index contributed by atoms with van der Waals surface area (Å²) in [5, 5.41) is 10.0. The van der Waals surface area contributed by atoms with E-state index in [0.29, 0.717) is 5.92 Å². The molecule has 3 heterocycles. The van der Waals surface area contributed by atoms with Gasteiger partial charge in [-0.1, -0.05) is 18.2 Å². The summed E-state index contributed by atoms with van der Waals surface area (Å²) in [6.07, 6.45) is 5.86. The molecule has 0 radical (unpaired) electrons. The number of rotatable bonds is 4. The van der Waals surface area contributed by atoms with Crippen LogP contribution in [0.4, 0.5) is 5.95 Å². The molecule has 1 aromatic carbocycles. The maximum Gasteiger partial charge on any atom is 0.225 e. The Bertz CT molecular complexity index is 771. The minimum Gasteiger partial charge on any atom is -0.396 e. The van der Waals surface area contributed by atoms with Crippen molar-refractivity contribution in [3.63, 3.8) is 0 Å². The molecule has 2 saturated heterocycles. The summed E-state index contributed by atoms with van der Waals surface area (Å²) in [5.74, 6) is 1.11. The van der Waals surface area contributed by atoms with E-state index >= 15 is 0 Å². The highest BCUT2D eigenvalue weighted by atomic mass is 16.3. The van der Waals surface area contributed by atoms with Crippen LogP contribution in [0.25, 0.3) is 0 Å². The Kier molecular flexibility index (Phi) is 5.15. The zero-order valence-electron chi connectivity index (χ0n) is 16.4. The van der Waals surface area contributed by atoms with E-state index in [1.807, 2.05) is 6.07 Å². The van der Waals surface area contributed by atoms with E-state index in [2.05, 4.69) is 51.8 Å². The van der Waals surface area contributed by atoms with Crippen LogP contribution < -0.4 is 4.90 Å².